The summed E-state index contributed by atoms with van der Waals surface area (Å²) in [6.07, 6.45) is 6.92. The maximum atomic E-state index is 12.4. The molecule has 0 aliphatic carbocycles. The molecule has 1 fully saturated rings. The van der Waals surface area contributed by atoms with Gasteiger partial charge in [-0.3, -0.25) is 23.7 Å². The Hall–Kier alpha value is -2.04. The Morgan fingerprint density at radius 1 is 1.36 bits per heavy atom. The standard InChI is InChI=1S/C21H35N4O7P/c1-4-16-17(32-33(3,29)30-2)13-19(31-16)25-14-15(20(27)24-21(25)28)9-10-18(26)23-12-8-6-5-7-11-22/h9-10,14,16-17,19H,4-8,11-13,22H2,1-3H3,(H,23,26)(H,24,27,28)/b10-9+/t16-,17+,19-,33?/m1/s1. The molecule has 0 bridgehead atoms. The summed E-state index contributed by atoms with van der Waals surface area (Å²) in [6, 6.07) is 0. The number of H-pyrrole nitrogens is 1. The van der Waals surface area contributed by atoms with E-state index < -0.39 is 37.3 Å². The SMILES string of the molecule is CC[C@H]1O[C@@H](n2cc(/C=C/C(=O)NCCCCCCN)c(=O)[nH]c2=O)C[C@@H]1OP(C)(=O)OC. The van der Waals surface area contributed by atoms with Crippen LogP contribution in [0.1, 0.15) is 57.2 Å². The number of aromatic nitrogens is 2. The van der Waals surface area contributed by atoms with Gasteiger partial charge in [0.1, 0.15) is 6.23 Å². The normalized spacial score (nSPS) is 22.5. The molecule has 4 N–H and O–H groups in total. The molecule has 1 aromatic heterocycles. The number of ether oxygens (including phenoxy) is 1. The van der Waals surface area contributed by atoms with Crippen molar-refractivity contribution >= 4 is 19.6 Å². The van der Waals surface area contributed by atoms with E-state index in [4.69, 9.17) is 19.5 Å². The first-order chi connectivity index (χ1) is 15.7. The maximum absolute atomic E-state index is 12.4. The molecule has 0 saturated carbocycles. The fourth-order valence-electron chi connectivity index (χ4n) is 3.53. The van der Waals surface area contributed by atoms with E-state index in [9.17, 15) is 18.9 Å². The van der Waals surface area contributed by atoms with E-state index in [1.165, 1.54) is 36.7 Å². The van der Waals surface area contributed by atoms with Crippen LogP contribution in [0.5, 0.6) is 0 Å². The zero-order valence-electron chi connectivity index (χ0n) is 19.5. The minimum atomic E-state index is -3.25. The molecule has 1 aromatic rings. The van der Waals surface area contributed by atoms with E-state index in [0.29, 0.717) is 19.5 Å². The number of nitrogens with zero attached hydrogens (tertiary/aromatic N) is 1. The molecule has 1 unspecified atom stereocenters. The number of rotatable bonds is 13. The molecule has 1 saturated heterocycles. The Morgan fingerprint density at radius 2 is 2.09 bits per heavy atom. The second-order valence-corrected chi connectivity index (χ2v) is 10.1. The van der Waals surface area contributed by atoms with Gasteiger partial charge in [-0.05, 0) is 31.9 Å². The second kappa shape index (κ2) is 13.0. The quantitative estimate of drug-likeness (QED) is 0.216. The Kier molecular flexibility index (Phi) is 10.7. The summed E-state index contributed by atoms with van der Waals surface area (Å²) in [5.74, 6) is -0.333. The van der Waals surface area contributed by atoms with Gasteiger partial charge in [-0.15, -0.1) is 0 Å². The second-order valence-electron chi connectivity index (χ2n) is 7.95. The first-order valence-electron chi connectivity index (χ1n) is 11.2. The smallest absolute Gasteiger partial charge is 0.330 e. The largest absolute Gasteiger partial charge is 0.353 e. The molecule has 33 heavy (non-hydrogen) atoms. The number of hydrogen-bond acceptors (Lipinski definition) is 8. The maximum Gasteiger partial charge on any atom is 0.330 e. The fourth-order valence-corrected chi connectivity index (χ4v) is 4.33. The van der Waals surface area contributed by atoms with Crippen LogP contribution in [0.3, 0.4) is 0 Å². The molecule has 12 heteroatoms. The number of carbonyl (C=O) groups excluding carboxylic acids is 1. The van der Waals surface area contributed by atoms with Gasteiger partial charge in [-0.2, -0.15) is 0 Å². The third-order valence-electron chi connectivity index (χ3n) is 5.39. The van der Waals surface area contributed by atoms with Gasteiger partial charge in [0, 0.05) is 39.0 Å². The van der Waals surface area contributed by atoms with Gasteiger partial charge in [0.15, 0.2) is 0 Å². The minimum absolute atomic E-state index is 0.131. The van der Waals surface area contributed by atoms with Gasteiger partial charge in [-0.1, -0.05) is 19.8 Å². The third-order valence-corrected chi connectivity index (χ3v) is 6.71. The molecule has 0 spiro atoms. The molecule has 186 valence electrons. The van der Waals surface area contributed by atoms with E-state index >= 15 is 0 Å². The molecular formula is C21H35N4O7P. The van der Waals surface area contributed by atoms with E-state index in [-0.39, 0.29) is 17.9 Å². The number of amides is 1. The van der Waals surface area contributed by atoms with Crippen LogP contribution in [0.4, 0.5) is 0 Å². The van der Waals surface area contributed by atoms with Gasteiger partial charge in [0.05, 0.1) is 17.8 Å². The van der Waals surface area contributed by atoms with Crippen molar-refractivity contribution in [2.75, 3.05) is 26.9 Å². The van der Waals surface area contributed by atoms with Crippen LogP contribution in [0, 0.1) is 0 Å². The van der Waals surface area contributed by atoms with Crippen molar-refractivity contribution < 1.29 is 23.1 Å². The van der Waals surface area contributed by atoms with Gasteiger partial charge >= 0.3 is 13.3 Å². The van der Waals surface area contributed by atoms with Crippen molar-refractivity contribution in [2.45, 2.75) is 63.9 Å². The molecule has 11 nitrogen and oxygen atoms in total. The highest BCUT2D eigenvalue weighted by molar-refractivity contribution is 7.52. The van der Waals surface area contributed by atoms with Crippen molar-refractivity contribution in [3.63, 3.8) is 0 Å². The number of hydrogen-bond donors (Lipinski definition) is 3. The molecule has 1 aliphatic heterocycles. The molecule has 0 radical (unpaired) electrons. The van der Waals surface area contributed by atoms with Crippen molar-refractivity contribution in [3.05, 3.63) is 38.7 Å². The van der Waals surface area contributed by atoms with Crippen LogP contribution < -0.4 is 22.3 Å². The van der Waals surface area contributed by atoms with Gasteiger partial charge in [0.2, 0.25) is 5.91 Å². The number of carbonyl (C=O) groups is 1. The Labute approximate surface area is 193 Å². The predicted octanol–water partition coefficient (Wildman–Crippen LogP) is 1.74. The zero-order chi connectivity index (χ0) is 24.4. The predicted molar refractivity (Wildman–Crippen MR) is 125 cm³/mol. The monoisotopic (exact) mass is 486 g/mol. The summed E-state index contributed by atoms with van der Waals surface area (Å²) in [7, 11) is -1.94. The molecule has 1 amide bonds. The summed E-state index contributed by atoms with van der Waals surface area (Å²) in [5.41, 5.74) is 4.32. The Balaban J connectivity index is 2.06. The van der Waals surface area contributed by atoms with E-state index in [2.05, 4.69) is 10.3 Å². The Morgan fingerprint density at radius 3 is 2.76 bits per heavy atom. The molecule has 2 heterocycles. The minimum Gasteiger partial charge on any atom is -0.353 e. The molecular weight excluding hydrogens is 451 g/mol. The van der Waals surface area contributed by atoms with Crippen LogP contribution in [0.2, 0.25) is 0 Å². The van der Waals surface area contributed by atoms with E-state index in [1.54, 1.807) is 0 Å². The summed E-state index contributed by atoms with van der Waals surface area (Å²) in [4.78, 5) is 38.9. The lowest BCUT2D eigenvalue weighted by Gasteiger charge is -2.20. The first-order valence-corrected chi connectivity index (χ1v) is 13.2. The average Bonchev–Trinajstić information content (AvgIpc) is 3.17. The van der Waals surface area contributed by atoms with Crippen molar-refractivity contribution in [3.8, 4) is 0 Å². The number of aromatic amines is 1. The van der Waals surface area contributed by atoms with Gasteiger partial charge in [-0.25, -0.2) is 4.79 Å². The fraction of sp³-hybridized carbons (Fsp3) is 0.667. The molecule has 2 rings (SSSR count). The number of unbranched alkanes of at least 4 members (excludes halogenated alkanes) is 3. The topological polar surface area (TPSA) is 155 Å². The van der Waals surface area contributed by atoms with E-state index in [0.717, 1.165) is 25.7 Å². The lowest BCUT2D eigenvalue weighted by molar-refractivity contribution is -0.116. The first kappa shape index (κ1) is 27.2. The average molecular weight is 487 g/mol. The van der Waals surface area contributed by atoms with Crippen LogP contribution in [0.15, 0.2) is 21.9 Å². The molecule has 4 atom stereocenters. The summed E-state index contributed by atoms with van der Waals surface area (Å²) in [6.45, 7) is 4.45. The van der Waals surface area contributed by atoms with E-state index in [1.807, 2.05) is 6.92 Å². The lowest BCUT2D eigenvalue weighted by Crippen LogP contribution is -2.33. The molecule has 0 aromatic carbocycles. The summed E-state index contributed by atoms with van der Waals surface area (Å²) >= 11 is 0. The van der Waals surface area contributed by atoms with Gasteiger partial charge in [0.25, 0.3) is 5.56 Å². The third kappa shape index (κ3) is 8.35. The Bertz CT molecular complexity index is 974. The van der Waals surface area contributed by atoms with Crippen molar-refractivity contribution in [2.24, 2.45) is 5.73 Å². The molecule has 1 aliphatic rings. The number of nitrogens with one attached hydrogen (secondary N) is 2. The van der Waals surface area contributed by atoms with Crippen LogP contribution in [0.25, 0.3) is 6.08 Å². The van der Waals surface area contributed by atoms with Crippen molar-refractivity contribution in [1.29, 1.82) is 0 Å². The van der Waals surface area contributed by atoms with Crippen LogP contribution >= 0.6 is 7.60 Å². The van der Waals surface area contributed by atoms with Gasteiger partial charge < -0.3 is 24.8 Å². The summed E-state index contributed by atoms with van der Waals surface area (Å²) < 4.78 is 29.9. The zero-order valence-corrected chi connectivity index (χ0v) is 20.3. The lowest BCUT2D eigenvalue weighted by atomic mass is 10.1. The van der Waals surface area contributed by atoms with Crippen LogP contribution in [-0.2, 0) is 23.1 Å². The number of nitrogens with two attached hydrogens (primary N) is 1. The highest BCUT2D eigenvalue weighted by Crippen LogP contribution is 2.48. The highest BCUT2D eigenvalue weighted by atomic mass is 31.2. The van der Waals surface area contributed by atoms with Crippen LogP contribution in [-0.4, -0.2) is 54.5 Å². The highest BCUT2D eigenvalue weighted by Gasteiger charge is 2.39. The summed E-state index contributed by atoms with van der Waals surface area (Å²) in [5, 5.41) is 2.76. The van der Waals surface area contributed by atoms with Crippen molar-refractivity contribution in [1.82, 2.24) is 14.9 Å².